The molecule has 6 nitrogen and oxygen atoms in total. The lowest BCUT2D eigenvalue weighted by Crippen LogP contribution is -2.56. The van der Waals surface area contributed by atoms with Crippen LogP contribution in [0, 0.1) is 5.41 Å². The first-order chi connectivity index (χ1) is 5.57. The van der Waals surface area contributed by atoms with Gasteiger partial charge < -0.3 is 25.2 Å². The fourth-order valence-electron chi connectivity index (χ4n) is 1.01. The molecule has 0 aromatic carbocycles. The monoisotopic (exact) mass is 177 g/mol. The van der Waals surface area contributed by atoms with Crippen molar-refractivity contribution in [3.63, 3.8) is 0 Å². The van der Waals surface area contributed by atoms with E-state index in [4.69, 9.17) is 25.8 Å². The Morgan fingerprint density at radius 3 is 2.33 bits per heavy atom. The molecule has 1 fully saturated rings. The zero-order valence-electron chi connectivity index (χ0n) is 6.21. The smallest absolute Gasteiger partial charge is 0.213 e. The van der Waals surface area contributed by atoms with Gasteiger partial charge in [0.05, 0.1) is 6.61 Å². The molecule has 1 aliphatic rings. The van der Waals surface area contributed by atoms with Crippen LogP contribution in [-0.2, 0) is 4.74 Å². The summed E-state index contributed by atoms with van der Waals surface area (Å²) in [5, 5.41) is 42.8. The predicted molar refractivity (Wildman–Crippen MR) is 37.7 cm³/mol. The first-order valence-electron chi connectivity index (χ1n) is 3.48. The Kier molecular flexibility index (Phi) is 2.63. The SMILES string of the molecule is N=C1O[C@H](CO)[C@@H](O)[C@H](O)[C@H]1O. The largest absolute Gasteiger partial charge is 0.471 e. The van der Waals surface area contributed by atoms with Gasteiger partial charge in [0.1, 0.15) is 12.2 Å². The van der Waals surface area contributed by atoms with Gasteiger partial charge in [0.15, 0.2) is 12.2 Å². The van der Waals surface area contributed by atoms with Gasteiger partial charge in [-0.15, -0.1) is 0 Å². The van der Waals surface area contributed by atoms with Crippen molar-refractivity contribution in [3.05, 3.63) is 0 Å². The molecule has 1 rings (SSSR count). The zero-order chi connectivity index (χ0) is 9.30. The van der Waals surface area contributed by atoms with Crippen LogP contribution in [0.2, 0.25) is 0 Å². The molecule has 0 spiro atoms. The quantitative estimate of drug-likeness (QED) is 0.302. The average molecular weight is 177 g/mol. The molecule has 1 aliphatic heterocycles. The molecule has 0 saturated carbocycles. The van der Waals surface area contributed by atoms with Gasteiger partial charge in [-0.2, -0.15) is 0 Å². The van der Waals surface area contributed by atoms with E-state index in [1.165, 1.54) is 0 Å². The Labute approximate surface area is 68.5 Å². The van der Waals surface area contributed by atoms with Gasteiger partial charge in [-0.25, -0.2) is 0 Å². The molecule has 0 bridgehead atoms. The number of aliphatic hydroxyl groups excluding tert-OH is 4. The summed E-state index contributed by atoms with van der Waals surface area (Å²) in [6, 6.07) is 0. The van der Waals surface area contributed by atoms with Crippen LogP contribution in [0.15, 0.2) is 0 Å². The standard InChI is InChI=1S/C6H11NO5/c7-6-5(11)4(10)3(9)2(1-8)12-6/h2-5,7-11H,1H2/t2-,3-,4+,5-/m1/s1. The van der Waals surface area contributed by atoms with E-state index in [2.05, 4.69) is 4.74 Å². The van der Waals surface area contributed by atoms with Gasteiger partial charge in [-0.3, -0.25) is 5.41 Å². The maximum atomic E-state index is 9.13. The highest BCUT2D eigenvalue weighted by Gasteiger charge is 2.41. The molecule has 4 atom stereocenters. The number of hydrogen-bond donors (Lipinski definition) is 5. The normalized spacial score (nSPS) is 42.5. The molecule has 5 N–H and O–H groups in total. The second-order valence-electron chi connectivity index (χ2n) is 2.63. The van der Waals surface area contributed by atoms with E-state index in [1.807, 2.05) is 0 Å². The third-order valence-electron chi connectivity index (χ3n) is 1.78. The van der Waals surface area contributed by atoms with Crippen LogP contribution in [0.4, 0.5) is 0 Å². The number of ether oxygens (including phenoxy) is 1. The molecule has 0 aromatic rings. The second kappa shape index (κ2) is 3.36. The van der Waals surface area contributed by atoms with Crippen molar-refractivity contribution in [2.45, 2.75) is 24.4 Å². The summed E-state index contributed by atoms with van der Waals surface area (Å²) in [5.74, 6) is -0.535. The lowest BCUT2D eigenvalue weighted by atomic mass is 10.00. The fraction of sp³-hybridized carbons (Fsp3) is 0.833. The molecule has 0 radical (unpaired) electrons. The van der Waals surface area contributed by atoms with Gasteiger partial charge in [-0.05, 0) is 0 Å². The van der Waals surface area contributed by atoms with Crippen molar-refractivity contribution in [2.75, 3.05) is 6.61 Å². The lowest BCUT2D eigenvalue weighted by molar-refractivity contribution is -0.129. The molecule has 1 heterocycles. The van der Waals surface area contributed by atoms with Crippen molar-refractivity contribution in [2.24, 2.45) is 0 Å². The molecule has 70 valence electrons. The Morgan fingerprint density at radius 1 is 1.25 bits per heavy atom. The van der Waals surface area contributed by atoms with E-state index in [1.54, 1.807) is 0 Å². The van der Waals surface area contributed by atoms with E-state index >= 15 is 0 Å². The predicted octanol–water partition coefficient (Wildman–Crippen LogP) is -2.56. The minimum absolute atomic E-state index is 0.507. The number of nitrogens with one attached hydrogen (secondary N) is 1. The maximum absolute atomic E-state index is 9.13. The van der Waals surface area contributed by atoms with Crippen molar-refractivity contribution in [1.82, 2.24) is 0 Å². The number of hydrogen-bond acceptors (Lipinski definition) is 6. The van der Waals surface area contributed by atoms with E-state index in [-0.39, 0.29) is 0 Å². The Balaban J connectivity index is 2.70. The van der Waals surface area contributed by atoms with Crippen LogP contribution in [0.1, 0.15) is 0 Å². The first kappa shape index (κ1) is 9.40. The maximum Gasteiger partial charge on any atom is 0.213 e. The highest BCUT2D eigenvalue weighted by atomic mass is 16.5. The Hall–Kier alpha value is -0.690. The van der Waals surface area contributed by atoms with Gasteiger partial charge in [0.2, 0.25) is 5.90 Å². The minimum Gasteiger partial charge on any atom is -0.471 e. The van der Waals surface area contributed by atoms with Gasteiger partial charge >= 0.3 is 0 Å². The highest BCUT2D eigenvalue weighted by molar-refractivity contribution is 5.79. The minimum atomic E-state index is -1.51. The van der Waals surface area contributed by atoms with Crippen LogP contribution in [0.25, 0.3) is 0 Å². The Morgan fingerprint density at radius 2 is 1.83 bits per heavy atom. The molecular formula is C6H11NO5. The van der Waals surface area contributed by atoms with Crippen LogP contribution < -0.4 is 0 Å². The third kappa shape index (κ3) is 1.42. The summed E-state index contributed by atoms with van der Waals surface area (Å²) < 4.78 is 4.60. The molecule has 0 unspecified atom stereocenters. The molecule has 0 aromatic heterocycles. The summed E-state index contributed by atoms with van der Waals surface area (Å²) in [4.78, 5) is 0. The zero-order valence-corrected chi connectivity index (χ0v) is 6.21. The van der Waals surface area contributed by atoms with Gasteiger partial charge in [0, 0.05) is 0 Å². The van der Waals surface area contributed by atoms with E-state index < -0.39 is 36.9 Å². The third-order valence-corrected chi connectivity index (χ3v) is 1.78. The fourth-order valence-corrected chi connectivity index (χ4v) is 1.01. The first-order valence-corrected chi connectivity index (χ1v) is 3.48. The van der Waals surface area contributed by atoms with Crippen LogP contribution in [-0.4, -0.2) is 57.3 Å². The molecule has 0 aliphatic carbocycles. The summed E-state index contributed by atoms with van der Waals surface area (Å²) >= 11 is 0. The van der Waals surface area contributed by atoms with Crippen molar-refractivity contribution >= 4 is 5.90 Å². The molecular weight excluding hydrogens is 166 g/mol. The second-order valence-corrected chi connectivity index (χ2v) is 2.63. The molecule has 6 heteroatoms. The van der Waals surface area contributed by atoms with E-state index in [9.17, 15) is 0 Å². The molecule has 12 heavy (non-hydrogen) atoms. The van der Waals surface area contributed by atoms with Crippen LogP contribution in [0.5, 0.6) is 0 Å². The summed E-state index contributed by atoms with van der Waals surface area (Å²) in [5.41, 5.74) is 0. The van der Waals surface area contributed by atoms with E-state index in [0.29, 0.717) is 0 Å². The number of aliphatic hydroxyl groups is 4. The molecule has 1 saturated heterocycles. The molecule has 0 amide bonds. The van der Waals surface area contributed by atoms with E-state index in [0.717, 1.165) is 0 Å². The van der Waals surface area contributed by atoms with Crippen molar-refractivity contribution < 1.29 is 25.2 Å². The Bertz CT molecular complexity index is 183. The summed E-state index contributed by atoms with van der Waals surface area (Å²) in [7, 11) is 0. The van der Waals surface area contributed by atoms with Crippen LogP contribution >= 0.6 is 0 Å². The van der Waals surface area contributed by atoms with Crippen molar-refractivity contribution in [1.29, 1.82) is 5.41 Å². The van der Waals surface area contributed by atoms with Crippen molar-refractivity contribution in [3.8, 4) is 0 Å². The van der Waals surface area contributed by atoms with Gasteiger partial charge in [0.25, 0.3) is 0 Å². The summed E-state index contributed by atoms with van der Waals surface area (Å²) in [6.07, 6.45) is -5.37. The average Bonchev–Trinajstić information content (AvgIpc) is 2.08. The van der Waals surface area contributed by atoms with Gasteiger partial charge in [-0.1, -0.05) is 0 Å². The lowest BCUT2D eigenvalue weighted by Gasteiger charge is -2.34. The highest BCUT2D eigenvalue weighted by Crippen LogP contribution is 2.16. The van der Waals surface area contributed by atoms with Crippen LogP contribution in [0.3, 0.4) is 0 Å². The topological polar surface area (TPSA) is 114 Å². The number of rotatable bonds is 1. The summed E-state index contributed by atoms with van der Waals surface area (Å²) in [6.45, 7) is -0.507.